The van der Waals surface area contributed by atoms with Gasteiger partial charge in [0.2, 0.25) is 17.8 Å². The number of aromatic nitrogens is 5. The Morgan fingerprint density at radius 3 is 2.50 bits per heavy atom. The summed E-state index contributed by atoms with van der Waals surface area (Å²) in [5.74, 6) is 1.20. The Bertz CT molecular complexity index is 587. The number of hydrogen-bond donors (Lipinski definition) is 2. The molecule has 0 amide bonds. The van der Waals surface area contributed by atoms with Crippen molar-refractivity contribution in [1.29, 1.82) is 0 Å². The highest BCUT2D eigenvalue weighted by Crippen LogP contribution is 2.18. The fraction of sp³-hybridized carbons (Fsp3) is 0.500. The molecular formula is C12H20N8. The van der Waals surface area contributed by atoms with Crippen LogP contribution in [-0.4, -0.2) is 37.8 Å². The van der Waals surface area contributed by atoms with Gasteiger partial charge in [-0.05, 0) is 20.8 Å². The average molecular weight is 276 g/mol. The first kappa shape index (κ1) is 14.0. The molecule has 2 heterocycles. The van der Waals surface area contributed by atoms with Gasteiger partial charge >= 0.3 is 0 Å². The molecule has 8 nitrogen and oxygen atoms in total. The molecule has 108 valence electrons. The van der Waals surface area contributed by atoms with Crippen LogP contribution >= 0.6 is 0 Å². The predicted molar refractivity (Wildman–Crippen MR) is 79.0 cm³/mol. The molecule has 0 fully saturated rings. The van der Waals surface area contributed by atoms with Crippen LogP contribution in [0.15, 0.2) is 6.20 Å². The first-order valence-electron chi connectivity index (χ1n) is 6.57. The van der Waals surface area contributed by atoms with Crippen molar-refractivity contribution in [2.45, 2.75) is 20.8 Å². The molecule has 0 saturated heterocycles. The van der Waals surface area contributed by atoms with E-state index >= 15 is 0 Å². The second-order valence-corrected chi connectivity index (χ2v) is 4.42. The largest absolute Gasteiger partial charge is 0.368 e. The van der Waals surface area contributed by atoms with E-state index in [1.165, 1.54) is 0 Å². The number of aryl methyl sites for hydroxylation is 2. The summed E-state index contributed by atoms with van der Waals surface area (Å²) in [4.78, 5) is 14.7. The van der Waals surface area contributed by atoms with E-state index in [9.17, 15) is 0 Å². The Hall–Kier alpha value is -2.38. The van der Waals surface area contributed by atoms with Crippen LogP contribution in [0.2, 0.25) is 0 Å². The number of nitrogens with two attached hydrogens (primary N) is 1. The summed E-state index contributed by atoms with van der Waals surface area (Å²) in [6.45, 7) is 7.62. The highest BCUT2D eigenvalue weighted by Gasteiger charge is 2.11. The normalized spacial score (nSPS) is 10.6. The zero-order valence-electron chi connectivity index (χ0n) is 12.3. The van der Waals surface area contributed by atoms with Gasteiger partial charge < -0.3 is 16.0 Å². The maximum atomic E-state index is 5.75. The number of nitrogens with zero attached hydrogens (tertiary/aromatic N) is 6. The van der Waals surface area contributed by atoms with Crippen LogP contribution in [0.1, 0.15) is 19.5 Å². The van der Waals surface area contributed by atoms with E-state index in [1.54, 1.807) is 4.68 Å². The van der Waals surface area contributed by atoms with Gasteiger partial charge in [0.15, 0.2) is 0 Å². The van der Waals surface area contributed by atoms with Crippen molar-refractivity contribution < 1.29 is 0 Å². The van der Waals surface area contributed by atoms with Crippen LogP contribution in [0.3, 0.4) is 0 Å². The fourth-order valence-electron chi connectivity index (χ4n) is 1.93. The summed E-state index contributed by atoms with van der Waals surface area (Å²) in [6, 6.07) is 0. The second-order valence-electron chi connectivity index (χ2n) is 4.42. The zero-order chi connectivity index (χ0) is 14.7. The topological polar surface area (TPSA) is 97.8 Å². The van der Waals surface area contributed by atoms with Crippen LogP contribution < -0.4 is 16.0 Å². The molecule has 2 aromatic heterocycles. The summed E-state index contributed by atoms with van der Waals surface area (Å²) in [5, 5.41) is 7.39. The van der Waals surface area contributed by atoms with Gasteiger partial charge in [-0.3, -0.25) is 4.68 Å². The summed E-state index contributed by atoms with van der Waals surface area (Å²) >= 11 is 0. The summed E-state index contributed by atoms with van der Waals surface area (Å²) < 4.78 is 1.73. The molecule has 3 N–H and O–H groups in total. The first-order chi connectivity index (χ1) is 9.53. The van der Waals surface area contributed by atoms with Crippen molar-refractivity contribution in [3.05, 3.63) is 11.9 Å². The molecule has 0 saturated carbocycles. The fourth-order valence-corrected chi connectivity index (χ4v) is 1.93. The molecule has 0 aromatic carbocycles. The zero-order valence-corrected chi connectivity index (χ0v) is 12.3. The highest BCUT2D eigenvalue weighted by atomic mass is 15.3. The summed E-state index contributed by atoms with van der Waals surface area (Å²) in [7, 11) is 1.86. The van der Waals surface area contributed by atoms with Gasteiger partial charge in [0, 0.05) is 26.3 Å². The van der Waals surface area contributed by atoms with Crippen LogP contribution in [0, 0.1) is 6.92 Å². The number of nitrogen functional groups attached to an aromatic ring is 1. The van der Waals surface area contributed by atoms with Gasteiger partial charge in [0.1, 0.15) is 0 Å². The molecule has 0 spiro atoms. The van der Waals surface area contributed by atoms with Crippen LogP contribution in [0.4, 0.5) is 23.5 Å². The van der Waals surface area contributed by atoms with Gasteiger partial charge in [0.05, 0.1) is 11.4 Å². The van der Waals surface area contributed by atoms with Crippen molar-refractivity contribution in [3.8, 4) is 0 Å². The predicted octanol–water partition coefficient (Wildman–Crippen LogP) is 1.09. The van der Waals surface area contributed by atoms with Crippen molar-refractivity contribution in [1.82, 2.24) is 24.7 Å². The van der Waals surface area contributed by atoms with Crippen LogP contribution in [0.25, 0.3) is 0 Å². The highest BCUT2D eigenvalue weighted by molar-refractivity contribution is 5.56. The van der Waals surface area contributed by atoms with Crippen LogP contribution in [-0.2, 0) is 7.05 Å². The van der Waals surface area contributed by atoms with Gasteiger partial charge in [0.25, 0.3) is 0 Å². The molecular weight excluding hydrogens is 256 g/mol. The molecule has 8 heteroatoms. The monoisotopic (exact) mass is 276 g/mol. The molecule has 0 aliphatic heterocycles. The number of hydrogen-bond acceptors (Lipinski definition) is 7. The molecule has 0 atom stereocenters. The maximum absolute atomic E-state index is 5.75. The third-order valence-electron chi connectivity index (χ3n) is 2.95. The SMILES string of the molecule is CCN(CC)c1nc(N)nc(Nc2cn(C)nc2C)n1. The Labute approximate surface area is 118 Å². The van der Waals surface area contributed by atoms with E-state index in [-0.39, 0.29) is 5.95 Å². The molecule has 2 aromatic rings. The Kier molecular flexibility index (Phi) is 4.02. The lowest BCUT2D eigenvalue weighted by Gasteiger charge is -2.18. The van der Waals surface area contributed by atoms with Gasteiger partial charge in [-0.2, -0.15) is 20.1 Å². The Balaban J connectivity index is 2.30. The molecule has 0 unspecified atom stereocenters. The maximum Gasteiger partial charge on any atom is 0.233 e. The third kappa shape index (κ3) is 2.95. The first-order valence-corrected chi connectivity index (χ1v) is 6.57. The molecule has 0 bridgehead atoms. The summed E-state index contributed by atoms with van der Waals surface area (Å²) in [5.41, 5.74) is 7.48. The molecule has 20 heavy (non-hydrogen) atoms. The minimum atomic E-state index is 0.200. The van der Waals surface area contributed by atoms with E-state index in [4.69, 9.17) is 5.73 Å². The number of rotatable bonds is 5. The van der Waals surface area contributed by atoms with E-state index in [2.05, 4.69) is 25.4 Å². The Morgan fingerprint density at radius 1 is 1.25 bits per heavy atom. The number of nitrogens with one attached hydrogen (secondary N) is 1. The molecule has 2 rings (SSSR count). The van der Waals surface area contributed by atoms with Gasteiger partial charge in [-0.25, -0.2) is 0 Å². The smallest absolute Gasteiger partial charge is 0.233 e. The van der Waals surface area contributed by atoms with E-state index in [0.717, 1.165) is 24.5 Å². The molecule has 0 aliphatic rings. The van der Waals surface area contributed by atoms with Crippen LogP contribution in [0.5, 0.6) is 0 Å². The minimum absolute atomic E-state index is 0.200. The summed E-state index contributed by atoms with van der Waals surface area (Å²) in [6.07, 6.45) is 1.87. The lowest BCUT2D eigenvalue weighted by Crippen LogP contribution is -2.25. The number of anilines is 4. The molecule has 0 aliphatic carbocycles. The van der Waals surface area contributed by atoms with Gasteiger partial charge in [-0.15, -0.1) is 0 Å². The average Bonchev–Trinajstić information content (AvgIpc) is 2.68. The minimum Gasteiger partial charge on any atom is -0.368 e. The Morgan fingerprint density at radius 2 is 1.95 bits per heavy atom. The lowest BCUT2D eigenvalue weighted by atomic mass is 10.4. The standard InChI is InChI=1S/C12H20N8/c1-5-20(6-2)12-16-10(13)15-11(17-12)14-9-7-19(4)18-8(9)3/h7H,5-6H2,1-4H3,(H3,13,14,15,16,17). The lowest BCUT2D eigenvalue weighted by molar-refractivity contribution is 0.756. The second kappa shape index (κ2) is 5.72. The van der Waals surface area contributed by atoms with E-state index in [0.29, 0.717) is 11.9 Å². The third-order valence-corrected chi connectivity index (χ3v) is 2.95. The van der Waals surface area contributed by atoms with Crippen molar-refractivity contribution in [3.63, 3.8) is 0 Å². The quantitative estimate of drug-likeness (QED) is 0.843. The van der Waals surface area contributed by atoms with Crippen molar-refractivity contribution in [2.24, 2.45) is 7.05 Å². The van der Waals surface area contributed by atoms with Gasteiger partial charge in [-0.1, -0.05) is 0 Å². The van der Waals surface area contributed by atoms with E-state index in [1.807, 2.05) is 38.9 Å². The van der Waals surface area contributed by atoms with Crippen molar-refractivity contribution in [2.75, 3.05) is 29.0 Å². The van der Waals surface area contributed by atoms with Crippen molar-refractivity contribution >= 4 is 23.5 Å². The van der Waals surface area contributed by atoms with E-state index < -0.39 is 0 Å². The molecule has 0 radical (unpaired) electrons.